The van der Waals surface area contributed by atoms with Gasteiger partial charge in [-0.2, -0.15) is 25.4 Å². The van der Waals surface area contributed by atoms with Gasteiger partial charge in [-0.15, -0.1) is 0 Å². The normalized spacial score (nSPS) is 16.8. The van der Waals surface area contributed by atoms with Crippen LogP contribution in [-0.4, -0.2) is 67.7 Å². The molecule has 0 aliphatic carbocycles. The first kappa shape index (κ1) is 22.4. The molecule has 12 heteroatoms. The van der Waals surface area contributed by atoms with Crippen LogP contribution in [0.5, 0.6) is 0 Å². The highest BCUT2D eigenvalue weighted by Gasteiger charge is 2.30. The fourth-order valence-corrected chi connectivity index (χ4v) is 5.45. The molecule has 3 rings (SSSR count). The third kappa shape index (κ3) is 4.27. The molecule has 0 spiro atoms. The van der Waals surface area contributed by atoms with E-state index in [2.05, 4.69) is 0 Å². The first-order valence-corrected chi connectivity index (χ1v) is 12.1. The molecule has 1 fully saturated rings. The molecule has 30 heavy (non-hydrogen) atoms. The Kier molecular flexibility index (Phi) is 6.07. The zero-order chi connectivity index (χ0) is 22.3. The third-order valence-corrected chi connectivity index (χ3v) is 8.06. The topological polar surface area (TPSA) is 143 Å². The number of carboxylic acids is 1. The number of hydrogen-bond acceptors (Lipinski definition) is 5. The summed E-state index contributed by atoms with van der Waals surface area (Å²) in [5.74, 6) is -1.22. The largest absolute Gasteiger partial charge is 0.477 e. The van der Waals surface area contributed by atoms with Gasteiger partial charge in [0.15, 0.2) is 5.69 Å². The van der Waals surface area contributed by atoms with Crippen LogP contribution in [0.25, 0.3) is 11.1 Å². The van der Waals surface area contributed by atoms with Gasteiger partial charge in [0.2, 0.25) is 0 Å². The van der Waals surface area contributed by atoms with Crippen molar-refractivity contribution in [2.75, 3.05) is 27.2 Å². The summed E-state index contributed by atoms with van der Waals surface area (Å²) in [5.41, 5.74) is 1.39. The van der Waals surface area contributed by atoms with Gasteiger partial charge in [0, 0.05) is 38.9 Å². The van der Waals surface area contributed by atoms with E-state index in [1.807, 2.05) is 12.1 Å². The molecule has 0 radical (unpaired) electrons. The molecule has 2 heterocycles. The van der Waals surface area contributed by atoms with Crippen LogP contribution >= 0.6 is 0 Å². The van der Waals surface area contributed by atoms with Crippen molar-refractivity contribution in [3.8, 4) is 11.1 Å². The van der Waals surface area contributed by atoms with E-state index in [1.165, 1.54) is 28.8 Å². The summed E-state index contributed by atoms with van der Waals surface area (Å²) in [7, 11) is -4.64. The van der Waals surface area contributed by atoms with Crippen LogP contribution < -0.4 is 5.14 Å². The third-order valence-electron chi connectivity index (χ3n) is 5.26. The lowest BCUT2D eigenvalue weighted by Gasteiger charge is -2.33. The van der Waals surface area contributed by atoms with Crippen molar-refractivity contribution in [3.63, 3.8) is 0 Å². The predicted octanol–water partition coefficient (Wildman–Crippen LogP) is 0.891. The number of aromatic nitrogens is 1. The Balaban J connectivity index is 1.81. The van der Waals surface area contributed by atoms with E-state index in [1.54, 1.807) is 12.1 Å². The highest BCUT2D eigenvalue weighted by atomic mass is 32.2. The maximum atomic E-state index is 12.2. The zero-order valence-electron chi connectivity index (χ0n) is 16.6. The van der Waals surface area contributed by atoms with E-state index in [4.69, 9.17) is 5.14 Å². The van der Waals surface area contributed by atoms with Crippen molar-refractivity contribution in [3.05, 3.63) is 47.8 Å². The van der Waals surface area contributed by atoms with Gasteiger partial charge >= 0.3 is 16.2 Å². The van der Waals surface area contributed by atoms with Crippen LogP contribution in [0, 0.1) is 0 Å². The molecule has 1 aromatic heterocycles. The van der Waals surface area contributed by atoms with E-state index in [-0.39, 0.29) is 11.5 Å². The average Bonchev–Trinajstić information content (AvgIpc) is 3.14. The van der Waals surface area contributed by atoms with Gasteiger partial charge in [0.1, 0.15) is 0 Å². The van der Waals surface area contributed by atoms with Gasteiger partial charge < -0.3 is 5.11 Å². The molecule has 0 unspecified atom stereocenters. The van der Waals surface area contributed by atoms with E-state index >= 15 is 0 Å². The second kappa shape index (κ2) is 8.12. The lowest BCUT2D eigenvalue weighted by molar-refractivity contribution is 0.0690. The minimum Gasteiger partial charge on any atom is -0.477 e. The second-order valence-corrected chi connectivity index (χ2v) is 10.9. The molecule has 10 nitrogen and oxygen atoms in total. The minimum absolute atomic E-state index is 0.181. The summed E-state index contributed by atoms with van der Waals surface area (Å²) >= 11 is 0. The Morgan fingerprint density at radius 2 is 1.63 bits per heavy atom. The van der Waals surface area contributed by atoms with Gasteiger partial charge in [-0.05, 0) is 36.0 Å². The molecule has 1 aliphatic rings. The van der Waals surface area contributed by atoms with Crippen LogP contribution in [0.4, 0.5) is 0 Å². The summed E-state index contributed by atoms with van der Waals surface area (Å²) in [6.45, 7) is 0.848. The van der Waals surface area contributed by atoms with Gasteiger partial charge in [0.05, 0.1) is 0 Å². The molecule has 1 saturated heterocycles. The standard InChI is InChI=1S/C18H24N4O6S2/c1-20(2)30(27,28)21-10-7-14(8-11-21)13-3-5-15(6-4-13)16-9-12-22(29(19,25)26)17(16)18(23)24/h3-6,9,12,14H,7-8,10-11H2,1-2H3,(H,23,24)(H2,19,25,26). The Hall–Kier alpha value is -2.25. The van der Waals surface area contributed by atoms with Crippen LogP contribution in [0.3, 0.4) is 0 Å². The van der Waals surface area contributed by atoms with Crippen molar-refractivity contribution in [1.82, 2.24) is 12.6 Å². The number of rotatable bonds is 6. The van der Waals surface area contributed by atoms with Crippen LogP contribution in [0.15, 0.2) is 36.5 Å². The van der Waals surface area contributed by atoms with E-state index < -0.39 is 32.1 Å². The fraction of sp³-hybridized carbons (Fsp3) is 0.389. The highest BCUT2D eigenvalue weighted by molar-refractivity contribution is 7.87. The maximum absolute atomic E-state index is 12.2. The van der Waals surface area contributed by atoms with E-state index in [0.717, 1.165) is 11.8 Å². The molecule has 2 aromatic rings. The zero-order valence-corrected chi connectivity index (χ0v) is 18.2. The lowest BCUT2D eigenvalue weighted by atomic mass is 9.89. The van der Waals surface area contributed by atoms with Crippen LogP contribution in [-0.2, 0) is 20.4 Å². The SMILES string of the molecule is CN(C)S(=O)(=O)N1CCC(c2ccc(-c3ccn(S(N)(=O)=O)c3C(=O)O)cc2)CC1. The molecular formula is C18H24N4O6S2. The molecule has 1 aliphatic heterocycles. The fourth-order valence-electron chi connectivity index (χ4n) is 3.65. The van der Waals surface area contributed by atoms with Crippen LogP contribution in [0.1, 0.15) is 34.8 Å². The Morgan fingerprint density at radius 3 is 2.10 bits per heavy atom. The number of piperidine rings is 1. The number of hydrogen-bond donors (Lipinski definition) is 2. The highest BCUT2D eigenvalue weighted by Crippen LogP contribution is 2.32. The Labute approximate surface area is 175 Å². The van der Waals surface area contributed by atoms with Gasteiger partial charge in [-0.1, -0.05) is 24.3 Å². The lowest BCUT2D eigenvalue weighted by Crippen LogP contribution is -2.44. The number of carboxylic acid groups (broad SMARTS) is 1. The van der Waals surface area contributed by atoms with Crippen molar-refractivity contribution in [2.45, 2.75) is 18.8 Å². The predicted molar refractivity (Wildman–Crippen MR) is 111 cm³/mol. The smallest absolute Gasteiger partial charge is 0.354 e. The maximum Gasteiger partial charge on any atom is 0.354 e. The van der Waals surface area contributed by atoms with Crippen molar-refractivity contribution in [2.24, 2.45) is 5.14 Å². The number of benzene rings is 1. The number of nitrogens with zero attached hydrogens (tertiary/aromatic N) is 3. The Morgan fingerprint density at radius 1 is 1.07 bits per heavy atom. The number of nitrogens with two attached hydrogens (primary N) is 1. The molecule has 0 saturated carbocycles. The van der Waals surface area contributed by atoms with Crippen molar-refractivity contribution < 1.29 is 26.7 Å². The molecular weight excluding hydrogens is 432 g/mol. The summed E-state index contributed by atoms with van der Waals surface area (Å²) in [6.07, 6.45) is 2.46. The van der Waals surface area contributed by atoms with Gasteiger partial charge in [0.25, 0.3) is 10.2 Å². The number of carbonyl (C=O) groups is 1. The second-order valence-electron chi connectivity index (χ2n) is 7.31. The quantitative estimate of drug-likeness (QED) is 0.661. The molecule has 164 valence electrons. The first-order valence-electron chi connectivity index (χ1n) is 9.19. The molecule has 1 aromatic carbocycles. The van der Waals surface area contributed by atoms with Crippen molar-refractivity contribution in [1.29, 1.82) is 0 Å². The summed E-state index contributed by atoms with van der Waals surface area (Å²) < 4.78 is 51.0. The van der Waals surface area contributed by atoms with E-state index in [0.29, 0.717) is 35.5 Å². The van der Waals surface area contributed by atoms with Gasteiger partial charge in [-0.3, -0.25) is 0 Å². The molecule has 0 atom stereocenters. The molecule has 0 bridgehead atoms. The van der Waals surface area contributed by atoms with E-state index in [9.17, 15) is 26.7 Å². The minimum atomic E-state index is -4.24. The molecule has 0 amide bonds. The first-order chi connectivity index (χ1) is 13.9. The van der Waals surface area contributed by atoms with Gasteiger partial charge in [-0.25, -0.2) is 13.9 Å². The average molecular weight is 457 g/mol. The summed E-state index contributed by atoms with van der Waals surface area (Å²) in [4.78, 5) is 11.6. The van der Waals surface area contributed by atoms with Crippen LogP contribution in [0.2, 0.25) is 0 Å². The number of aromatic carboxylic acids is 1. The monoisotopic (exact) mass is 456 g/mol. The van der Waals surface area contributed by atoms with Crippen molar-refractivity contribution >= 4 is 26.4 Å². The molecule has 3 N–H and O–H groups in total. The Bertz CT molecular complexity index is 1150. The summed E-state index contributed by atoms with van der Waals surface area (Å²) in [5, 5.41) is 14.5. The summed E-state index contributed by atoms with van der Waals surface area (Å²) in [6, 6.07) is 8.57.